The number of ether oxygens (including phenoxy) is 1. The topological polar surface area (TPSA) is 9.23 Å². The average molecular weight is 332 g/mol. The molecule has 0 aliphatic carbocycles. The van der Waals surface area contributed by atoms with Crippen LogP contribution in [0.1, 0.15) is 23.1 Å². The van der Waals surface area contributed by atoms with Crippen LogP contribution in [-0.2, 0) is 10.2 Å². The Kier molecular flexibility index (Phi) is 5.07. The van der Waals surface area contributed by atoms with Crippen molar-refractivity contribution >= 4 is 17.3 Å². The third-order valence-electron chi connectivity index (χ3n) is 4.44. The summed E-state index contributed by atoms with van der Waals surface area (Å²) in [6.07, 6.45) is 0.622. The highest BCUT2D eigenvalue weighted by Crippen LogP contribution is 2.42. The maximum absolute atomic E-state index is 5.48. The van der Waals surface area contributed by atoms with Crippen LogP contribution in [0.15, 0.2) is 91.0 Å². The van der Waals surface area contributed by atoms with Crippen molar-refractivity contribution in [2.24, 2.45) is 0 Å². The van der Waals surface area contributed by atoms with Crippen LogP contribution in [0.4, 0.5) is 0 Å². The molecule has 2 heteroatoms. The van der Waals surface area contributed by atoms with Crippen LogP contribution < -0.4 is 0 Å². The van der Waals surface area contributed by atoms with Crippen molar-refractivity contribution in [3.8, 4) is 0 Å². The molecular weight excluding hydrogens is 312 g/mol. The Balaban J connectivity index is 2.30. The molecule has 0 aromatic heterocycles. The zero-order chi connectivity index (χ0) is 16.8. The first-order chi connectivity index (χ1) is 11.8. The lowest BCUT2D eigenvalue weighted by atomic mass is 9.67. The normalized spacial score (nSPS) is 11.0. The lowest BCUT2D eigenvalue weighted by Gasteiger charge is -2.36. The monoisotopic (exact) mass is 332 g/mol. The van der Waals surface area contributed by atoms with Gasteiger partial charge in [-0.2, -0.15) is 0 Å². The van der Waals surface area contributed by atoms with Gasteiger partial charge >= 0.3 is 0 Å². The van der Waals surface area contributed by atoms with Gasteiger partial charge in [0.25, 0.3) is 0 Å². The molecule has 1 nitrogen and oxygen atoms in total. The minimum Gasteiger partial charge on any atom is -0.490 e. The van der Waals surface area contributed by atoms with Gasteiger partial charge in [0.05, 0.1) is 12.5 Å². The molecule has 3 aromatic carbocycles. The number of hydrogen-bond donors (Lipinski definition) is 0. The fourth-order valence-electron chi connectivity index (χ4n) is 3.26. The lowest BCUT2D eigenvalue weighted by molar-refractivity contribution is 0.391. The predicted octanol–water partition coefficient (Wildman–Crippen LogP) is 5.38. The van der Waals surface area contributed by atoms with Crippen LogP contribution in [0.25, 0.3) is 0 Å². The van der Waals surface area contributed by atoms with Gasteiger partial charge in [-0.15, -0.1) is 0 Å². The number of thiocarbonyl (C=S) groups is 1. The van der Waals surface area contributed by atoms with Gasteiger partial charge in [0, 0.05) is 6.42 Å². The highest BCUT2D eigenvalue weighted by atomic mass is 32.1. The highest BCUT2D eigenvalue weighted by molar-refractivity contribution is 7.80. The van der Waals surface area contributed by atoms with Gasteiger partial charge in [-0.05, 0) is 28.9 Å². The van der Waals surface area contributed by atoms with Crippen LogP contribution in [-0.4, -0.2) is 12.2 Å². The first kappa shape index (κ1) is 16.4. The summed E-state index contributed by atoms with van der Waals surface area (Å²) in [7, 11) is 1.65. The van der Waals surface area contributed by atoms with Crippen molar-refractivity contribution in [2.75, 3.05) is 7.11 Å². The molecule has 0 heterocycles. The Morgan fingerprint density at radius 3 is 1.33 bits per heavy atom. The zero-order valence-corrected chi connectivity index (χ0v) is 14.5. The second-order valence-electron chi connectivity index (χ2n) is 5.76. The SMILES string of the molecule is COC(=S)CC(c1ccccc1)(c1ccccc1)c1ccccc1. The minimum absolute atomic E-state index is 0.364. The molecule has 0 spiro atoms. The van der Waals surface area contributed by atoms with E-state index in [4.69, 9.17) is 17.0 Å². The van der Waals surface area contributed by atoms with Crippen LogP contribution >= 0.6 is 12.2 Å². The molecule has 0 radical (unpaired) electrons. The highest BCUT2D eigenvalue weighted by Gasteiger charge is 2.37. The zero-order valence-electron chi connectivity index (χ0n) is 13.7. The standard InChI is InChI=1S/C22H20OS/c1-23-21(24)17-22(18-11-5-2-6-12-18,19-13-7-3-8-14-19)20-15-9-4-10-16-20/h2-16H,17H2,1H3. The Labute approximate surface area is 148 Å². The van der Waals surface area contributed by atoms with Crippen molar-refractivity contribution in [1.29, 1.82) is 0 Å². The van der Waals surface area contributed by atoms with E-state index in [9.17, 15) is 0 Å². The molecule has 0 aliphatic rings. The molecular formula is C22H20OS. The van der Waals surface area contributed by atoms with Gasteiger partial charge in [-0.1, -0.05) is 91.0 Å². The van der Waals surface area contributed by atoms with E-state index in [1.807, 2.05) is 18.2 Å². The first-order valence-electron chi connectivity index (χ1n) is 8.01. The van der Waals surface area contributed by atoms with Gasteiger partial charge in [-0.3, -0.25) is 0 Å². The van der Waals surface area contributed by atoms with Crippen LogP contribution in [0.5, 0.6) is 0 Å². The lowest BCUT2D eigenvalue weighted by Crippen LogP contribution is -2.32. The van der Waals surface area contributed by atoms with E-state index >= 15 is 0 Å². The van der Waals surface area contributed by atoms with E-state index < -0.39 is 0 Å². The number of hydrogen-bond acceptors (Lipinski definition) is 2. The Morgan fingerprint density at radius 2 is 1.04 bits per heavy atom. The average Bonchev–Trinajstić information content (AvgIpc) is 2.68. The molecule has 3 aromatic rings. The van der Waals surface area contributed by atoms with Crippen LogP contribution in [0, 0.1) is 0 Å². The van der Waals surface area contributed by atoms with Gasteiger partial charge < -0.3 is 4.74 Å². The maximum atomic E-state index is 5.48. The van der Waals surface area contributed by atoms with E-state index in [0.29, 0.717) is 11.5 Å². The quantitative estimate of drug-likeness (QED) is 0.458. The fraction of sp³-hybridized carbons (Fsp3) is 0.136. The van der Waals surface area contributed by atoms with Gasteiger partial charge in [0.1, 0.15) is 0 Å². The molecule has 0 atom stereocenters. The summed E-state index contributed by atoms with van der Waals surface area (Å²) in [5.41, 5.74) is 3.27. The summed E-state index contributed by atoms with van der Waals surface area (Å²) in [6.45, 7) is 0. The van der Waals surface area contributed by atoms with Crippen molar-refractivity contribution in [1.82, 2.24) is 0 Å². The number of rotatable bonds is 5. The number of benzene rings is 3. The summed E-state index contributed by atoms with van der Waals surface area (Å²) in [4.78, 5) is 0. The number of methoxy groups -OCH3 is 1. The first-order valence-corrected chi connectivity index (χ1v) is 8.41. The van der Waals surface area contributed by atoms with Gasteiger partial charge in [-0.25, -0.2) is 0 Å². The molecule has 0 bridgehead atoms. The van der Waals surface area contributed by atoms with E-state index in [1.54, 1.807) is 7.11 Å². The molecule has 0 saturated carbocycles. The molecule has 120 valence electrons. The van der Waals surface area contributed by atoms with Crippen molar-refractivity contribution in [3.63, 3.8) is 0 Å². The minimum atomic E-state index is -0.364. The van der Waals surface area contributed by atoms with Crippen molar-refractivity contribution in [2.45, 2.75) is 11.8 Å². The molecule has 3 rings (SSSR count). The van der Waals surface area contributed by atoms with Crippen molar-refractivity contribution in [3.05, 3.63) is 108 Å². The van der Waals surface area contributed by atoms with E-state index in [-0.39, 0.29) is 5.41 Å². The summed E-state index contributed by atoms with van der Waals surface area (Å²) in [5, 5.41) is 0.603. The van der Waals surface area contributed by atoms with E-state index in [0.717, 1.165) is 0 Å². The Morgan fingerprint density at radius 1 is 0.708 bits per heavy atom. The van der Waals surface area contributed by atoms with Crippen molar-refractivity contribution < 1.29 is 4.74 Å². The molecule has 0 aliphatic heterocycles. The van der Waals surface area contributed by atoms with Crippen LogP contribution in [0.2, 0.25) is 0 Å². The third-order valence-corrected chi connectivity index (χ3v) is 4.75. The molecule has 0 saturated heterocycles. The largest absolute Gasteiger partial charge is 0.490 e. The molecule has 0 amide bonds. The summed E-state index contributed by atoms with van der Waals surface area (Å²) in [6, 6.07) is 31.6. The van der Waals surface area contributed by atoms with Gasteiger partial charge in [0.15, 0.2) is 5.05 Å². The Hall–Kier alpha value is -2.45. The second kappa shape index (κ2) is 7.41. The van der Waals surface area contributed by atoms with Gasteiger partial charge in [0.2, 0.25) is 0 Å². The molecule has 0 N–H and O–H groups in total. The molecule has 24 heavy (non-hydrogen) atoms. The predicted molar refractivity (Wildman–Crippen MR) is 103 cm³/mol. The summed E-state index contributed by atoms with van der Waals surface area (Å²) in [5.74, 6) is 0. The smallest absolute Gasteiger partial charge is 0.160 e. The Bertz CT molecular complexity index is 685. The third kappa shape index (κ3) is 3.10. The van der Waals surface area contributed by atoms with E-state index in [2.05, 4.69) is 72.8 Å². The molecule has 0 unspecified atom stereocenters. The summed E-state index contributed by atoms with van der Waals surface area (Å²) < 4.78 is 5.40. The maximum Gasteiger partial charge on any atom is 0.160 e. The summed E-state index contributed by atoms with van der Waals surface area (Å²) >= 11 is 5.48. The van der Waals surface area contributed by atoms with Crippen LogP contribution in [0.3, 0.4) is 0 Å². The fourth-order valence-corrected chi connectivity index (χ4v) is 3.48. The molecule has 0 fully saturated rings. The van der Waals surface area contributed by atoms with E-state index in [1.165, 1.54) is 16.7 Å². The second-order valence-corrected chi connectivity index (χ2v) is 6.21.